The Balaban J connectivity index is 1.84. The summed E-state index contributed by atoms with van der Waals surface area (Å²) in [6.45, 7) is 2.33. The highest BCUT2D eigenvalue weighted by Crippen LogP contribution is 2.17. The first-order valence-corrected chi connectivity index (χ1v) is 5.54. The van der Waals surface area contributed by atoms with Crippen LogP contribution in [-0.4, -0.2) is 23.1 Å². The molecule has 1 unspecified atom stereocenters. The van der Waals surface area contributed by atoms with Gasteiger partial charge in [0.25, 0.3) is 0 Å². The fourth-order valence-corrected chi connectivity index (χ4v) is 2.31. The molecule has 1 atom stereocenters. The lowest BCUT2D eigenvalue weighted by Gasteiger charge is -2.07. The summed E-state index contributed by atoms with van der Waals surface area (Å²) in [5, 5.41) is 3.40. The van der Waals surface area contributed by atoms with Crippen LogP contribution in [0.3, 0.4) is 0 Å². The van der Waals surface area contributed by atoms with Crippen LogP contribution in [0.15, 0.2) is 24.5 Å². The molecule has 15 heavy (non-hydrogen) atoms. The highest BCUT2D eigenvalue weighted by Gasteiger charge is 2.15. The zero-order valence-electron chi connectivity index (χ0n) is 8.66. The third kappa shape index (κ3) is 1.75. The van der Waals surface area contributed by atoms with Gasteiger partial charge >= 0.3 is 0 Å². The third-order valence-corrected chi connectivity index (χ3v) is 3.14. The van der Waals surface area contributed by atoms with Crippen LogP contribution in [0.5, 0.6) is 0 Å². The van der Waals surface area contributed by atoms with E-state index in [0.29, 0.717) is 0 Å². The Kier molecular flexibility index (Phi) is 2.18. The Bertz CT molecular complexity index is 455. The second-order valence-electron chi connectivity index (χ2n) is 4.32. The maximum atomic E-state index is 4.43. The molecule has 78 valence electrons. The molecule has 3 heterocycles. The van der Waals surface area contributed by atoms with E-state index < -0.39 is 0 Å². The van der Waals surface area contributed by atoms with Crippen LogP contribution in [-0.2, 0) is 6.42 Å². The maximum absolute atomic E-state index is 4.43. The van der Waals surface area contributed by atoms with Gasteiger partial charge in [0.15, 0.2) is 0 Å². The van der Waals surface area contributed by atoms with Gasteiger partial charge in [-0.05, 0) is 49.5 Å². The van der Waals surface area contributed by atoms with E-state index >= 15 is 0 Å². The number of H-pyrrole nitrogens is 1. The molecule has 3 rings (SSSR count). The minimum Gasteiger partial charge on any atom is -0.360 e. The van der Waals surface area contributed by atoms with Gasteiger partial charge in [-0.1, -0.05) is 0 Å². The summed E-state index contributed by atoms with van der Waals surface area (Å²) in [5.74, 6) is 0.791. The van der Waals surface area contributed by atoms with Gasteiger partial charge in [-0.2, -0.15) is 0 Å². The molecular weight excluding hydrogens is 186 g/mol. The van der Waals surface area contributed by atoms with E-state index in [1.165, 1.54) is 18.5 Å². The summed E-state index contributed by atoms with van der Waals surface area (Å²) in [4.78, 5) is 7.64. The summed E-state index contributed by atoms with van der Waals surface area (Å²) in [5.41, 5.74) is 3.56. The van der Waals surface area contributed by atoms with Crippen molar-refractivity contribution in [2.45, 2.75) is 12.8 Å². The van der Waals surface area contributed by atoms with Crippen LogP contribution in [0.2, 0.25) is 0 Å². The fraction of sp³-hybridized carbons (Fsp3) is 0.417. The van der Waals surface area contributed by atoms with E-state index in [2.05, 4.69) is 21.4 Å². The average Bonchev–Trinajstić information content (AvgIpc) is 2.87. The molecule has 0 spiro atoms. The monoisotopic (exact) mass is 201 g/mol. The SMILES string of the molecule is c1cc2ncc(CC3CCNC3)cc2[nH]1. The first kappa shape index (κ1) is 8.92. The lowest BCUT2D eigenvalue weighted by atomic mass is 10.00. The average molecular weight is 201 g/mol. The lowest BCUT2D eigenvalue weighted by Crippen LogP contribution is -2.10. The van der Waals surface area contributed by atoms with Gasteiger partial charge in [0.05, 0.1) is 11.0 Å². The van der Waals surface area contributed by atoms with Crippen LogP contribution >= 0.6 is 0 Å². The number of hydrogen-bond acceptors (Lipinski definition) is 2. The highest BCUT2D eigenvalue weighted by molar-refractivity contribution is 5.74. The van der Waals surface area contributed by atoms with Crippen molar-refractivity contribution in [2.75, 3.05) is 13.1 Å². The number of aromatic nitrogens is 2. The molecule has 0 saturated carbocycles. The molecule has 0 radical (unpaired) electrons. The molecule has 1 saturated heterocycles. The minimum absolute atomic E-state index is 0.791. The number of nitrogens with zero attached hydrogens (tertiary/aromatic N) is 1. The van der Waals surface area contributed by atoms with Crippen molar-refractivity contribution in [3.05, 3.63) is 30.1 Å². The number of aromatic amines is 1. The molecule has 1 aliphatic heterocycles. The molecule has 3 nitrogen and oxygen atoms in total. The molecule has 2 aromatic rings. The highest BCUT2D eigenvalue weighted by atomic mass is 14.9. The van der Waals surface area contributed by atoms with Gasteiger partial charge in [-0.3, -0.25) is 4.98 Å². The van der Waals surface area contributed by atoms with Crippen LogP contribution < -0.4 is 5.32 Å². The van der Waals surface area contributed by atoms with E-state index in [4.69, 9.17) is 0 Å². The van der Waals surface area contributed by atoms with E-state index in [1.807, 2.05) is 18.5 Å². The second kappa shape index (κ2) is 3.66. The summed E-state index contributed by atoms with van der Waals surface area (Å²) in [7, 11) is 0. The summed E-state index contributed by atoms with van der Waals surface area (Å²) >= 11 is 0. The van der Waals surface area contributed by atoms with Gasteiger partial charge in [0.1, 0.15) is 0 Å². The maximum Gasteiger partial charge on any atom is 0.0878 e. The molecule has 0 aromatic carbocycles. The normalized spacial score (nSPS) is 21.2. The van der Waals surface area contributed by atoms with Gasteiger partial charge < -0.3 is 10.3 Å². The Labute approximate surface area is 88.9 Å². The predicted octanol–water partition coefficient (Wildman–Crippen LogP) is 1.71. The molecule has 0 bridgehead atoms. The molecule has 0 amide bonds. The van der Waals surface area contributed by atoms with Crippen molar-refractivity contribution < 1.29 is 0 Å². The number of nitrogens with one attached hydrogen (secondary N) is 2. The number of hydrogen-bond donors (Lipinski definition) is 2. The standard InChI is InChI=1S/C12H15N3/c1-3-13-7-9(1)5-10-6-12-11(15-8-10)2-4-14-12/h2,4,6,8-9,13-14H,1,3,5,7H2. The van der Waals surface area contributed by atoms with Crippen LogP contribution in [0, 0.1) is 5.92 Å². The summed E-state index contributed by atoms with van der Waals surface area (Å²) < 4.78 is 0. The number of pyridine rings is 1. The number of rotatable bonds is 2. The Hall–Kier alpha value is -1.35. The van der Waals surface area contributed by atoms with E-state index in [1.54, 1.807) is 0 Å². The Morgan fingerprint density at radius 3 is 3.33 bits per heavy atom. The lowest BCUT2D eigenvalue weighted by molar-refractivity contribution is 0.579. The minimum atomic E-state index is 0.791. The van der Waals surface area contributed by atoms with E-state index in [-0.39, 0.29) is 0 Å². The third-order valence-electron chi connectivity index (χ3n) is 3.14. The molecule has 2 aromatic heterocycles. The van der Waals surface area contributed by atoms with Crippen molar-refractivity contribution in [1.29, 1.82) is 0 Å². The second-order valence-corrected chi connectivity index (χ2v) is 4.32. The van der Waals surface area contributed by atoms with Crippen LogP contribution in [0.4, 0.5) is 0 Å². The van der Waals surface area contributed by atoms with Crippen LogP contribution in [0.1, 0.15) is 12.0 Å². The Morgan fingerprint density at radius 1 is 1.47 bits per heavy atom. The topological polar surface area (TPSA) is 40.7 Å². The van der Waals surface area contributed by atoms with Gasteiger partial charge in [0.2, 0.25) is 0 Å². The van der Waals surface area contributed by atoms with Crippen molar-refractivity contribution in [3.63, 3.8) is 0 Å². The van der Waals surface area contributed by atoms with E-state index in [9.17, 15) is 0 Å². The van der Waals surface area contributed by atoms with Crippen molar-refractivity contribution in [2.24, 2.45) is 5.92 Å². The molecular formula is C12H15N3. The first-order valence-electron chi connectivity index (χ1n) is 5.54. The van der Waals surface area contributed by atoms with Crippen molar-refractivity contribution >= 4 is 11.0 Å². The summed E-state index contributed by atoms with van der Waals surface area (Å²) in [6, 6.07) is 4.23. The molecule has 1 fully saturated rings. The predicted molar refractivity (Wildman–Crippen MR) is 60.8 cm³/mol. The fourth-order valence-electron chi connectivity index (χ4n) is 2.31. The molecule has 0 aliphatic carbocycles. The van der Waals surface area contributed by atoms with Gasteiger partial charge in [0, 0.05) is 12.4 Å². The van der Waals surface area contributed by atoms with Crippen LogP contribution in [0.25, 0.3) is 11.0 Å². The van der Waals surface area contributed by atoms with Gasteiger partial charge in [-0.25, -0.2) is 0 Å². The Morgan fingerprint density at radius 2 is 2.47 bits per heavy atom. The largest absolute Gasteiger partial charge is 0.360 e. The smallest absolute Gasteiger partial charge is 0.0878 e. The zero-order chi connectivity index (χ0) is 10.1. The van der Waals surface area contributed by atoms with E-state index in [0.717, 1.165) is 29.9 Å². The quantitative estimate of drug-likeness (QED) is 0.776. The summed E-state index contributed by atoms with van der Waals surface area (Å²) in [6.07, 6.45) is 6.39. The van der Waals surface area contributed by atoms with Crippen molar-refractivity contribution in [3.8, 4) is 0 Å². The molecule has 3 heteroatoms. The molecule has 2 N–H and O–H groups in total. The zero-order valence-corrected chi connectivity index (χ0v) is 8.66. The first-order chi connectivity index (χ1) is 7.42. The van der Waals surface area contributed by atoms with Gasteiger partial charge in [-0.15, -0.1) is 0 Å². The van der Waals surface area contributed by atoms with Crippen molar-refractivity contribution in [1.82, 2.24) is 15.3 Å². The molecule has 1 aliphatic rings. The number of fused-ring (bicyclic) bond motifs is 1.